The van der Waals surface area contributed by atoms with E-state index >= 15 is 0 Å². The molecule has 1 aliphatic rings. The molecule has 29 heavy (non-hydrogen) atoms. The van der Waals surface area contributed by atoms with E-state index in [4.69, 9.17) is 21.1 Å². The van der Waals surface area contributed by atoms with Gasteiger partial charge in [0.2, 0.25) is 5.95 Å². The van der Waals surface area contributed by atoms with Crippen molar-refractivity contribution < 1.29 is 9.47 Å². The van der Waals surface area contributed by atoms with E-state index in [9.17, 15) is 0 Å². The van der Waals surface area contributed by atoms with Crippen LogP contribution in [0.5, 0.6) is 5.75 Å². The molecule has 0 N–H and O–H groups in total. The summed E-state index contributed by atoms with van der Waals surface area (Å²) >= 11 is 7.78. The van der Waals surface area contributed by atoms with Gasteiger partial charge in [-0.1, -0.05) is 53.7 Å². The summed E-state index contributed by atoms with van der Waals surface area (Å²) in [5.41, 5.74) is 2.27. The first-order valence-electron chi connectivity index (χ1n) is 9.58. The Morgan fingerprint density at radius 3 is 2.62 bits per heavy atom. The van der Waals surface area contributed by atoms with Gasteiger partial charge in [-0.15, -0.1) is 10.2 Å². The van der Waals surface area contributed by atoms with E-state index in [0.717, 1.165) is 35.6 Å². The van der Waals surface area contributed by atoms with E-state index in [0.29, 0.717) is 30.6 Å². The minimum atomic E-state index is 0.530. The van der Waals surface area contributed by atoms with E-state index in [2.05, 4.69) is 38.7 Å². The van der Waals surface area contributed by atoms with E-state index in [-0.39, 0.29) is 0 Å². The van der Waals surface area contributed by atoms with Gasteiger partial charge >= 0.3 is 0 Å². The highest BCUT2D eigenvalue weighted by atomic mass is 35.5. The van der Waals surface area contributed by atoms with Crippen LogP contribution in [0.3, 0.4) is 0 Å². The fourth-order valence-electron chi connectivity index (χ4n) is 3.20. The van der Waals surface area contributed by atoms with E-state index in [1.807, 2.05) is 36.4 Å². The Hall–Kier alpha value is -2.22. The Morgan fingerprint density at radius 1 is 1.07 bits per heavy atom. The summed E-state index contributed by atoms with van der Waals surface area (Å²) in [4.78, 5) is 2.23. The number of hydrogen-bond donors (Lipinski definition) is 0. The predicted molar refractivity (Wildman–Crippen MR) is 117 cm³/mol. The molecule has 152 valence electrons. The minimum Gasteiger partial charge on any atom is -0.491 e. The molecule has 1 aliphatic heterocycles. The largest absolute Gasteiger partial charge is 0.491 e. The number of thioether (sulfide) groups is 1. The Balaban J connectivity index is 1.52. The van der Waals surface area contributed by atoms with Crippen LogP contribution >= 0.6 is 23.4 Å². The zero-order chi connectivity index (χ0) is 20.1. The lowest BCUT2D eigenvalue weighted by Crippen LogP contribution is -2.38. The Kier molecular flexibility index (Phi) is 6.59. The molecule has 2 heterocycles. The second-order valence-electron chi connectivity index (χ2n) is 6.63. The van der Waals surface area contributed by atoms with Crippen LogP contribution in [-0.2, 0) is 4.74 Å². The standard InChI is InChI=1S/C21H23ClN4O2S/c1-16-6-2-4-8-18(16)26-20(25-10-12-27-13-11-25)23-24-21(26)29-15-14-28-19-9-5-3-7-17(19)22/h2-9H,10-15H2,1H3. The van der Waals surface area contributed by atoms with Gasteiger partial charge in [0.25, 0.3) is 0 Å². The summed E-state index contributed by atoms with van der Waals surface area (Å²) in [5.74, 6) is 2.29. The Bertz CT molecular complexity index is 959. The molecule has 6 nitrogen and oxygen atoms in total. The summed E-state index contributed by atoms with van der Waals surface area (Å²) in [6, 6.07) is 15.8. The van der Waals surface area contributed by atoms with Gasteiger partial charge < -0.3 is 14.4 Å². The van der Waals surface area contributed by atoms with Gasteiger partial charge in [-0.05, 0) is 30.7 Å². The van der Waals surface area contributed by atoms with E-state index in [1.54, 1.807) is 11.8 Å². The van der Waals surface area contributed by atoms with Crippen LogP contribution in [0.15, 0.2) is 53.7 Å². The molecule has 0 bridgehead atoms. The van der Waals surface area contributed by atoms with Crippen LogP contribution < -0.4 is 9.64 Å². The fourth-order valence-corrected chi connectivity index (χ4v) is 4.14. The average molecular weight is 431 g/mol. The molecule has 0 radical (unpaired) electrons. The molecule has 0 saturated carbocycles. The zero-order valence-electron chi connectivity index (χ0n) is 16.3. The van der Waals surface area contributed by atoms with Crippen molar-refractivity contribution in [2.75, 3.05) is 43.6 Å². The highest BCUT2D eigenvalue weighted by Gasteiger charge is 2.22. The summed E-state index contributed by atoms with van der Waals surface area (Å²) in [7, 11) is 0. The normalized spacial score (nSPS) is 14.2. The van der Waals surface area contributed by atoms with Crippen molar-refractivity contribution in [3.63, 3.8) is 0 Å². The minimum absolute atomic E-state index is 0.530. The number of rotatable bonds is 7. The molecule has 1 saturated heterocycles. The van der Waals surface area contributed by atoms with Gasteiger partial charge in [0.1, 0.15) is 5.75 Å². The molecule has 8 heteroatoms. The SMILES string of the molecule is Cc1ccccc1-n1c(SCCOc2ccccc2Cl)nnc1N1CCOCC1. The van der Waals surface area contributed by atoms with Crippen LogP contribution in [0, 0.1) is 6.92 Å². The van der Waals surface area contributed by atoms with Crippen molar-refractivity contribution in [3.8, 4) is 11.4 Å². The molecule has 0 spiro atoms. The van der Waals surface area contributed by atoms with Gasteiger partial charge in [-0.3, -0.25) is 4.57 Å². The quantitative estimate of drug-likeness (QED) is 0.413. The maximum absolute atomic E-state index is 6.16. The zero-order valence-corrected chi connectivity index (χ0v) is 17.8. The molecule has 1 fully saturated rings. The molecular formula is C21H23ClN4O2S. The fraction of sp³-hybridized carbons (Fsp3) is 0.333. The lowest BCUT2D eigenvalue weighted by Gasteiger charge is -2.28. The summed E-state index contributed by atoms with van der Waals surface area (Å²) in [5, 5.41) is 10.5. The van der Waals surface area contributed by atoms with Crippen molar-refractivity contribution in [1.82, 2.24) is 14.8 Å². The first-order chi connectivity index (χ1) is 14.2. The highest BCUT2D eigenvalue weighted by molar-refractivity contribution is 7.99. The maximum atomic E-state index is 6.16. The van der Waals surface area contributed by atoms with Crippen LogP contribution in [0.4, 0.5) is 5.95 Å². The molecular weight excluding hydrogens is 408 g/mol. The maximum Gasteiger partial charge on any atom is 0.232 e. The Morgan fingerprint density at radius 2 is 1.83 bits per heavy atom. The molecule has 0 amide bonds. The highest BCUT2D eigenvalue weighted by Crippen LogP contribution is 2.29. The number of aryl methyl sites for hydroxylation is 1. The number of morpholine rings is 1. The first-order valence-corrected chi connectivity index (χ1v) is 10.9. The number of ether oxygens (including phenoxy) is 2. The lowest BCUT2D eigenvalue weighted by molar-refractivity contribution is 0.122. The van der Waals surface area contributed by atoms with Crippen LogP contribution in [0.2, 0.25) is 5.02 Å². The number of anilines is 1. The number of benzene rings is 2. The average Bonchev–Trinajstić information content (AvgIpc) is 3.17. The van der Waals surface area contributed by atoms with Crippen molar-refractivity contribution in [2.24, 2.45) is 0 Å². The van der Waals surface area contributed by atoms with E-state index in [1.165, 1.54) is 5.56 Å². The second kappa shape index (κ2) is 9.52. The molecule has 0 atom stereocenters. The topological polar surface area (TPSA) is 52.4 Å². The predicted octanol–water partition coefficient (Wildman–Crippen LogP) is 4.24. The van der Waals surface area contributed by atoms with Gasteiger partial charge in [-0.25, -0.2) is 0 Å². The molecule has 1 aromatic heterocycles. The lowest BCUT2D eigenvalue weighted by atomic mass is 10.2. The third kappa shape index (κ3) is 4.69. The van der Waals surface area contributed by atoms with Gasteiger partial charge in [0.05, 0.1) is 30.5 Å². The summed E-state index contributed by atoms with van der Waals surface area (Å²) < 4.78 is 13.5. The molecule has 0 aliphatic carbocycles. The molecule has 0 unspecified atom stereocenters. The monoisotopic (exact) mass is 430 g/mol. The van der Waals surface area contributed by atoms with Crippen LogP contribution in [0.1, 0.15) is 5.56 Å². The number of aromatic nitrogens is 3. The third-order valence-electron chi connectivity index (χ3n) is 4.68. The summed E-state index contributed by atoms with van der Waals surface area (Å²) in [6.07, 6.45) is 0. The van der Waals surface area contributed by atoms with Crippen molar-refractivity contribution in [3.05, 3.63) is 59.1 Å². The van der Waals surface area contributed by atoms with Gasteiger partial charge in [-0.2, -0.15) is 0 Å². The summed E-state index contributed by atoms with van der Waals surface area (Å²) in [6.45, 7) is 5.66. The van der Waals surface area contributed by atoms with Crippen molar-refractivity contribution in [1.29, 1.82) is 0 Å². The molecule has 2 aromatic carbocycles. The number of hydrogen-bond acceptors (Lipinski definition) is 6. The smallest absolute Gasteiger partial charge is 0.232 e. The number of nitrogens with zero attached hydrogens (tertiary/aromatic N) is 4. The molecule has 4 rings (SSSR count). The number of halogens is 1. The first kappa shape index (κ1) is 20.1. The van der Waals surface area contributed by atoms with E-state index < -0.39 is 0 Å². The van der Waals surface area contributed by atoms with Gasteiger partial charge in [0.15, 0.2) is 5.16 Å². The second-order valence-corrected chi connectivity index (χ2v) is 8.10. The molecule has 3 aromatic rings. The number of para-hydroxylation sites is 2. The van der Waals surface area contributed by atoms with Gasteiger partial charge in [0, 0.05) is 18.8 Å². The van der Waals surface area contributed by atoms with Crippen molar-refractivity contribution in [2.45, 2.75) is 12.1 Å². The van der Waals surface area contributed by atoms with Crippen molar-refractivity contribution >= 4 is 29.3 Å². The third-order valence-corrected chi connectivity index (χ3v) is 5.88. The Labute approximate surface area is 179 Å². The van der Waals surface area contributed by atoms with Crippen LogP contribution in [-0.4, -0.2) is 53.4 Å². The van der Waals surface area contributed by atoms with Crippen LogP contribution in [0.25, 0.3) is 5.69 Å².